The smallest absolute Gasteiger partial charge is 0.274 e. The average molecular weight is 233 g/mol. The van der Waals surface area contributed by atoms with Gasteiger partial charge in [0.2, 0.25) is 0 Å². The molecule has 0 aliphatic carbocycles. The van der Waals surface area contributed by atoms with E-state index >= 15 is 0 Å². The van der Waals surface area contributed by atoms with Crippen molar-refractivity contribution in [2.75, 3.05) is 5.32 Å². The van der Waals surface area contributed by atoms with E-state index < -0.39 is 0 Å². The zero-order chi connectivity index (χ0) is 12.4. The zero-order valence-corrected chi connectivity index (χ0v) is 10.1. The Morgan fingerprint density at radius 2 is 2.24 bits per heavy atom. The topological polar surface area (TPSA) is 64.7 Å². The van der Waals surface area contributed by atoms with Gasteiger partial charge in [0, 0.05) is 19.8 Å². The van der Waals surface area contributed by atoms with Gasteiger partial charge in [0.15, 0.2) is 0 Å². The van der Waals surface area contributed by atoms with Gasteiger partial charge in [-0.25, -0.2) is 0 Å². The molecule has 0 atom stereocenters. The standard InChI is InChI=1S/C11H15N5O/c1-4-16-10(5-6-12-16)11(17)14-9-7-13-15(3)8(9)2/h5-7H,4H2,1-3H3,(H,14,17). The van der Waals surface area contributed by atoms with E-state index in [4.69, 9.17) is 0 Å². The number of nitrogens with zero attached hydrogens (tertiary/aromatic N) is 4. The van der Waals surface area contributed by atoms with E-state index in [0.717, 1.165) is 11.4 Å². The number of amides is 1. The molecule has 0 unspecified atom stereocenters. The second-order valence-corrected chi connectivity index (χ2v) is 3.75. The highest BCUT2D eigenvalue weighted by Gasteiger charge is 2.13. The van der Waals surface area contributed by atoms with Crippen LogP contribution in [-0.2, 0) is 13.6 Å². The first-order valence-electron chi connectivity index (χ1n) is 5.45. The van der Waals surface area contributed by atoms with Gasteiger partial charge in [0.25, 0.3) is 5.91 Å². The molecule has 0 fully saturated rings. The van der Waals surface area contributed by atoms with Crippen molar-refractivity contribution in [2.24, 2.45) is 7.05 Å². The average Bonchev–Trinajstić information content (AvgIpc) is 2.90. The predicted molar refractivity (Wildman–Crippen MR) is 63.8 cm³/mol. The lowest BCUT2D eigenvalue weighted by Crippen LogP contribution is -2.17. The van der Waals surface area contributed by atoms with Crippen molar-refractivity contribution in [1.82, 2.24) is 19.6 Å². The van der Waals surface area contributed by atoms with E-state index in [1.165, 1.54) is 0 Å². The molecule has 17 heavy (non-hydrogen) atoms. The number of carbonyl (C=O) groups is 1. The Labute approximate surface area is 99.2 Å². The number of anilines is 1. The first kappa shape index (κ1) is 11.4. The minimum absolute atomic E-state index is 0.166. The fourth-order valence-corrected chi connectivity index (χ4v) is 1.59. The van der Waals surface area contributed by atoms with Crippen molar-refractivity contribution < 1.29 is 4.79 Å². The molecule has 2 aromatic heterocycles. The first-order chi connectivity index (χ1) is 8.13. The van der Waals surface area contributed by atoms with Gasteiger partial charge in [-0.2, -0.15) is 10.2 Å². The molecule has 0 aromatic carbocycles. The van der Waals surface area contributed by atoms with Crippen molar-refractivity contribution in [3.63, 3.8) is 0 Å². The molecule has 6 heteroatoms. The third kappa shape index (κ3) is 2.06. The molecule has 90 valence electrons. The Morgan fingerprint density at radius 3 is 2.82 bits per heavy atom. The number of aromatic nitrogens is 4. The van der Waals surface area contributed by atoms with Crippen LogP contribution in [0.15, 0.2) is 18.5 Å². The van der Waals surface area contributed by atoms with Crippen molar-refractivity contribution >= 4 is 11.6 Å². The first-order valence-corrected chi connectivity index (χ1v) is 5.45. The number of rotatable bonds is 3. The maximum Gasteiger partial charge on any atom is 0.274 e. The monoisotopic (exact) mass is 233 g/mol. The van der Waals surface area contributed by atoms with Crippen LogP contribution >= 0.6 is 0 Å². The number of carbonyl (C=O) groups excluding carboxylic acids is 1. The Bertz CT molecular complexity index is 540. The molecule has 0 spiro atoms. The van der Waals surface area contributed by atoms with Gasteiger partial charge >= 0.3 is 0 Å². The third-order valence-corrected chi connectivity index (χ3v) is 2.73. The second-order valence-electron chi connectivity index (χ2n) is 3.75. The van der Waals surface area contributed by atoms with Crippen LogP contribution in [0.4, 0.5) is 5.69 Å². The van der Waals surface area contributed by atoms with Crippen molar-refractivity contribution in [2.45, 2.75) is 20.4 Å². The summed E-state index contributed by atoms with van der Waals surface area (Å²) in [5.41, 5.74) is 2.19. The molecule has 2 rings (SSSR count). The van der Waals surface area contributed by atoms with E-state index in [1.54, 1.807) is 27.8 Å². The molecular weight excluding hydrogens is 218 g/mol. The van der Waals surface area contributed by atoms with Gasteiger partial charge in [-0.15, -0.1) is 0 Å². The summed E-state index contributed by atoms with van der Waals surface area (Å²) in [5.74, 6) is -0.166. The van der Waals surface area contributed by atoms with Crippen LogP contribution in [0.5, 0.6) is 0 Å². The minimum Gasteiger partial charge on any atom is -0.318 e. The highest BCUT2D eigenvalue weighted by atomic mass is 16.2. The van der Waals surface area contributed by atoms with Gasteiger partial charge in [-0.3, -0.25) is 14.2 Å². The van der Waals surface area contributed by atoms with Gasteiger partial charge < -0.3 is 5.32 Å². The summed E-state index contributed by atoms with van der Waals surface area (Å²) in [6.07, 6.45) is 3.26. The number of nitrogens with one attached hydrogen (secondary N) is 1. The van der Waals surface area contributed by atoms with Crippen LogP contribution in [0.25, 0.3) is 0 Å². The molecule has 0 saturated carbocycles. The van der Waals surface area contributed by atoms with Crippen LogP contribution in [0.2, 0.25) is 0 Å². The lowest BCUT2D eigenvalue weighted by atomic mass is 10.3. The second kappa shape index (κ2) is 4.40. The fraction of sp³-hybridized carbons (Fsp3) is 0.364. The molecule has 1 N–H and O–H groups in total. The van der Waals surface area contributed by atoms with Crippen LogP contribution in [0.3, 0.4) is 0 Å². The summed E-state index contributed by atoms with van der Waals surface area (Å²) < 4.78 is 3.37. The summed E-state index contributed by atoms with van der Waals surface area (Å²) in [4.78, 5) is 12.0. The van der Waals surface area contributed by atoms with E-state index in [2.05, 4.69) is 15.5 Å². The molecule has 2 heterocycles. The molecule has 0 aliphatic heterocycles. The number of hydrogen-bond acceptors (Lipinski definition) is 3. The zero-order valence-electron chi connectivity index (χ0n) is 10.1. The molecule has 1 amide bonds. The highest BCUT2D eigenvalue weighted by molar-refractivity contribution is 6.03. The summed E-state index contributed by atoms with van der Waals surface area (Å²) in [6, 6.07) is 1.70. The van der Waals surface area contributed by atoms with Crippen molar-refractivity contribution in [3.05, 3.63) is 29.8 Å². The van der Waals surface area contributed by atoms with Crippen LogP contribution in [0, 0.1) is 6.92 Å². The highest BCUT2D eigenvalue weighted by Crippen LogP contribution is 2.13. The summed E-state index contributed by atoms with van der Waals surface area (Å²) >= 11 is 0. The normalized spacial score (nSPS) is 10.5. The van der Waals surface area contributed by atoms with Crippen LogP contribution in [0.1, 0.15) is 23.1 Å². The lowest BCUT2D eigenvalue weighted by Gasteiger charge is -2.06. The molecule has 0 aliphatic rings. The summed E-state index contributed by atoms with van der Waals surface area (Å²) in [5, 5.41) is 11.0. The maximum absolute atomic E-state index is 12.0. The van der Waals surface area contributed by atoms with Crippen molar-refractivity contribution in [3.8, 4) is 0 Å². The molecule has 0 bridgehead atoms. The van der Waals surface area contributed by atoms with Gasteiger partial charge in [0.05, 0.1) is 17.6 Å². The Morgan fingerprint density at radius 1 is 1.47 bits per heavy atom. The quantitative estimate of drug-likeness (QED) is 0.866. The molecular formula is C11H15N5O. The van der Waals surface area contributed by atoms with Gasteiger partial charge in [0.1, 0.15) is 5.69 Å². The Balaban J connectivity index is 2.20. The number of hydrogen-bond donors (Lipinski definition) is 1. The molecule has 2 aromatic rings. The third-order valence-electron chi connectivity index (χ3n) is 2.73. The minimum atomic E-state index is -0.166. The van der Waals surface area contributed by atoms with Crippen LogP contribution < -0.4 is 5.32 Å². The van der Waals surface area contributed by atoms with Gasteiger partial charge in [-0.05, 0) is 19.9 Å². The molecule has 0 saturated heterocycles. The van der Waals surface area contributed by atoms with Gasteiger partial charge in [-0.1, -0.05) is 0 Å². The summed E-state index contributed by atoms with van der Waals surface area (Å²) in [6.45, 7) is 4.51. The molecule has 0 radical (unpaired) electrons. The Kier molecular flexibility index (Phi) is 2.95. The molecule has 6 nitrogen and oxygen atoms in total. The lowest BCUT2D eigenvalue weighted by molar-refractivity contribution is 0.101. The fourth-order valence-electron chi connectivity index (χ4n) is 1.59. The van der Waals surface area contributed by atoms with E-state index in [1.807, 2.05) is 20.9 Å². The predicted octanol–water partition coefficient (Wildman–Crippen LogP) is 1.20. The Hall–Kier alpha value is -2.11. The van der Waals surface area contributed by atoms with Crippen molar-refractivity contribution in [1.29, 1.82) is 0 Å². The van der Waals surface area contributed by atoms with E-state index in [0.29, 0.717) is 12.2 Å². The number of aryl methyl sites for hydroxylation is 2. The maximum atomic E-state index is 12.0. The van der Waals surface area contributed by atoms with E-state index in [-0.39, 0.29) is 5.91 Å². The SMILES string of the molecule is CCn1nccc1C(=O)Nc1cnn(C)c1C. The van der Waals surface area contributed by atoms with Crippen LogP contribution in [-0.4, -0.2) is 25.5 Å². The largest absolute Gasteiger partial charge is 0.318 e. The van der Waals surface area contributed by atoms with E-state index in [9.17, 15) is 4.79 Å². The summed E-state index contributed by atoms with van der Waals surface area (Å²) in [7, 11) is 1.83.